The molecule has 1 radical (unpaired) electrons. The third kappa shape index (κ3) is 2.74. The van der Waals surface area contributed by atoms with Gasteiger partial charge in [-0.1, -0.05) is 13.1 Å². The van der Waals surface area contributed by atoms with Gasteiger partial charge in [0, 0.05) is 32.7 Å². The van der Waals surface area contributed by atoms with E-state index in [1.54, 1.807) is 4.90 Å². The second-order valence-corrected chi connectivity index (χ2v) is 2.71. The molecule has 11 heavy (non-hydrogen) atoms. The van der Waals surface area contributed by atoms with E-state index in [1.165, 1.54) is 0 Å². The van der Waals surface area contributed by atoms with Crippen LogP contribution in [0.3, 0.4) is 0 Å². The average Bonchev–Trinajstić information content (AvgIpc) is 1.82. The quantitative estimate of drug-likeness (QED) is 0.590. The van der Waals surface area contributed by atoms with Crippen molar-refractivity contribution < 1.29 is 32.7 Å². The van der Waals surface area contributed by atoms with Crippen LogP contribution in [-0.2, 0) is 32.7 Å². The van der Waals surface area contributed by atoms with E-state index >= 15 is 0 Å². The molecule has 0 N–H and O–H groups in total. The first-order valence-corrected chi connectivity index (χ1v) is 3.39. The number of rotatable bonds is 0. The molecule has 0 aromatic rings. The fourth-order valence-corrected chi connectivity index (χ4v) is 1.08. The third-order valence-corrected chi connectivity index (χ3v) is 1.72. The molecule has 0 aromatic heterocycles. The normalized spacial score (nSPS) is 17.0. The van der Waals surface area contributed by atoms with Crippen molar-refractivity contribution in [3.63, 3.8) is 0 Å². The van der Waals surface area contributed by atoms with Gasteiger partial charge in [-0.2, -0.15) is 0 Å². The predicted octanol–water partition coefficient (Wildman–Crippen LogP) is 2.27. The first-order chi connectivity index (χ1) is 4.61. The Balaban J connectivity index is 0.000001000. The smallest absolute Gasteiger partial charge is 0 e. The van der Waals surface area contributed by atoms with E-state index in [0.29, 0.717) is 5.03 Å². The van der Waals surface area contributed by atoms with Crippen LogP contribution in [0.2, 0.25) is 0 Å². The van der Waals surface area contributed by atoms with Crippen LogP contribution in [0.5, 0.6) is 0 Å². The van der Waals surface area contributed by atoms with Crippen LogP contribution in [-0.4, -0.2) is 11.9 Å². The number of nitrogens with zero attached hydrogens (tertiary/aromatic N) is 1. The second-order valence-electron chi connectivity index (χ2n) is 2.33. The van der Waals surface area contributed by atoms with Crippen LogP contribution >= 0.6 is 11.6 Å². The van der Waals surface area contributed by atoms with Crippen molar-refractivity contribution in [1.29, 1.82) is 0 Å². The number of allylic oxidation sites excluding steroid dienone is 3. The fraction of sp³-hybridized carbons (Fsp3) is 0.250. The molecule has 0 amide bonds. The molecule has 0 saturated heterocycles. The Hall–Kier alpha value is 0.414. The first kappa shape index (κ1) is 11.4. The monoisotopic (exact) mass is 243 g/mol. The molecular weight excluding hydrogens is 234 g/mol. The summed E-state index contributed by atoms with van der Waals surface area (Å²) in [5.74, 6) is 0. The summed E-state index contributed by atoms with van der Waals surface area (Å²) in [4.78, 5) is 1.80. The maximum Gasteiger partial charge on any atom is 0 e. The molecule has 1 aliphatic rings. The second kappa shape index (κ2) is 4.44. The Morgan fingerprint density at radius 1 is 1.64 bits per heavy atom. The minimum absolute atomic E-state index is 0. The van der Waals surface area contributed by atoms with Gasteiger partial charge in [-0.25, -0.2) is 0 Å². The molecule has 0 fully saturated rings. The van der Waals surface area contributed by atoms with Crippen LogP contribution in [0.25, 0.3) is 0 Å². The Morgan fingerprint density at radius 3 is 2.64 bits per heavy atom. The topological polar surface area (TPSA) is 3.24 Å². The Morgan fingerprint density at radius 2 is 2.18 bits per heavy atom. The zero-order chi connectivity index (χ0) is 7.72. The average molecular weight is 244 g/mol. The Labute approximate surface area is 97.7 Å². The van der Waals surface area contributed by atoms with Crippen LogP contribution in [0.1, 0.15) is 6.92 Å². The van der Waals surface area contributed by atoms with Crippen molar-refractivity contribution in [2.45, 2.75) is 6.92 Å². The van der Waals surface area contributed by atoms with E-state index in [0.717, 1.165) is 11.1 Å². The SMILES string of the molecule is C=C1C(Cl)=[C-]N(C)C=C1C.[Y]. The summed E-state index contributed by atoms with van der Waals surface area (Å²) in [6.45, 7) is 5.76. The molecule has 1 nitrogen and oxygen atoms in total. The molecule has 0 atom stereocenters. The Bertz CT molecular complexity index is 208. The van der Waals surface area contributed by atoms with E-state index in [1.807, 2.05) is 20.2 Å². The van der Waals surface area contributed by atoms with Gasteiger partial charge in [-0.3, -0.25) is 0 Å². The van der Waals surface area contributed by atoms with Gasteiger partial charge >= 0.3 is 0 Å². The van der Waals surface area contributed by atoms with E-state index in [2.05, 4.69) is 12.8 Å². The molecule has 0 unspecified atom stereocenters. The van der Waals surface area contributed by atoms with Gasteiger partial charge in [0.15, 0.2) is 0 Å². The van der Waals surface area contributed by atoms with Crippen LogP contribution in [0.4, 0.5) is 0 Å². The number of hydrogen-bond donors (Lipinski definition) is 0. The van der Waals surface area contributed by atoms with E-state index in [-0.39, 0.29) is 32.7 Å². The molecule has 57 valence electrons. The molecule has 1 heterocycles. The minimum atomic E-state index is 0. The van der Waals surface area contributed by atoms with Crippen molar-refractivity contribution in [1.82, 2.24) is 4.90 Å². The summed E-state index contributed by atoms with van der Waals surface area (Å²) in [5.41, 5.74) is 1.95. The molecule has 0 spiro atoms. The molecule has 0 saturated carbocycles. The maximum atomic E-state index is 5.78. The zero-order valence-corrected chi connectivity index (χ0v) is 10.3. The van der Waals surface area contributed by atoms with Gasteiger partial charge in [0.05, 0.1) is 0 Å². The summed E-state index contributed by atoms with van der Waals surface area (Å²) < 4.78 is 0. The zero-order valence-electron chi connectivity index (χ0n) is 6.69. The van der Waals surface area contributed by atoms with E-state index in [9.17, 15) is 0 Å². The van der Waals surface area contributed by atoms with Gasteiger partial charge < -0.3 is 4.90 Å². The predicted molar refractivity (Wildman–Crippen MR) is 43.3 cm³/mol. The minimum Gasteiger partial charge on any atom is -0.462 e. The van der Waals surface area contributed by atoms with Gasteiger partial charge in [-0.15, -0.1) is 35.5 Å². The number of halogens is 1. The standard InChI is InChI=1S/C8H9ClN.Y/c1-6-4-10(3)5-8(9)7(6)2;/h4H,2H2,1,3H3;/q-1;. The van der Waals surface area contributed by atoms with Crippen molar-refractivity contribution in [3.05, 3.63) is 35.2 Å². The fourth-order valence-electron chi connectivity index (χ4n) is 0.796. The van der Waals surface area contributed by atoms with Crippen molar-refractivity contribution >= 4 is 11.6 Å². The summed E-state index contributed by atoms with van der Waals surface area (Å²) in [6.07, 6.45) is 4.84. The van der Waals surface area contributed by atoms with Gasteiger partial charge in [-0.05, 0) is 12.1 Å². The van der Waals surface area contributed by atoms with Crippen LogP contribution < -0.4 is 0 Å². The molecule has 1 aliphatic heterocycles. The summed E-state index contributed by atoms with van der Waals surface area (Å²) in [7, 11) is 1.89. The summed E-state index contributed by atoms with van der Waals surface area (Å²) in [6, 6.07) is 0. The van der Waals surface area contributed by atoms with Crippen molar-refractivity contribution in [2.24, 2.45) is 0 Å². The molecule has 3 heteroatoms. The van der Waals surface area contributed by atoms with Crippen molar-refractivity contribution in [2.75, 3.05) is 7.05 Å². The van der Waals surface area contributed by atoms with Crippen LogP contribution in [0, 0.1) is 6.20 Å². The molecule has 0 aromatic carbocycles. The van der Waals surface area contributed by atoms with Gasteiger partial charge in [0.1, 0.15) is 0 Å². The number of hydrogen-bond acceptors (Lipinski definition) is 1. The van der Waals surface area contributed by atoms with E-state index < -0.39 is 0 Å². The van der Waals surface area contributed by atoms with Gasteiger partial charge in [0.25, 0.3) is 0 Å². The van der Waals surface area contributed by atoms with Crippen LogP contribution in [0.15, 0.2) is 29.0 Å². The molecule has 1 rings (SSSR count). The summed E-state index contributed by atoms with van der Waals surface area (Å²) in [5, 5.41) is 0.600. The van der Waals surface area contributed by atoms with E-state index in [4.69, 9.17) is 11.6 Å². The molecule has 0 aliphatic carbocycles. The Kier molecular flexibility index (Phi) is 4.61. The van der Waals surface area contributed by atoms with Crippen molar-refractivity contribution in [3.8, 4) is 0 Å². The molecule has 0 bridgehead atoms. The maximum absolute atomic E-state index is 5.78. The van der Waals surface area contributed by atoms with Gasteiger partial charge in [0.2, 0.25) is 0 Å². The third-order valence-electron chi connectivity index (χ3n) is 1.40. The molecular formula is C8H9ClNY-. The summed E-state index contributed by atoms with van der Waals surface area (Å²) >= 11 is 5.78. The largest absolute Gasteiger partial charge is 0.462 e. The first-order valence-electron chi connectivity index (χ1n) is 3.01.